The highest BCUT2D eigenvalue weighted by Gasteiger charge is 2.22. The second-order valence-corrected chi connectivity index (χ2v) is 5.95. The molecule has 0 radical (unpaired) electrons. The Bertz CT molecular complexity index is 743. The summed E-state index contributed by atoms with van der Waals surface area (Å²) in [5, 5.41) is 5.28. The lowest BCUT2D eigenvalue weighted by Gasteiger charge is -2.34. The summed E-state index contributed by atoms with van der Waals surface area (Å²) >= 11 is 0. The summed E-state index contributed by atoms with van der Waals surface area (Å²) in [6.07, 6.45) is 5.07. The molecular weight excluding hydrogens is 334 g/mol. The van der Waals surface area contributed by atoms with E-state index in [-0.39, 0.29) is 18.5 Å². The molecule has 3 heterocycles. The number of piperazine rings is 1. The van der Waals surface area contributed by atoms with E-state index >= 15 is 0 Å². The Morgan fingerprint density at radius 3 is 2.46 bits per heavy atom. The molecule has 1 aliphatic rings. The van der Waals surface area contributed by atoms with Gasteiger partial charge < -0.3 is 20.4 Å². The van der Waals surface area contributed by atoms with Crippen molar-refractivity contribution in [1.29, 1.82) is 0 Å². The zero-order chi connectivity index (χ0) is 18.4. The maximum absolute atomic E-state index is 12.2. The van der Waals surface area contributed by atoms with Gasteiger partial charge in [0.1, 0.15) is 5.82 Å². The van der Waals surface area contributed by atoms with Gasteiger partial charge in [0.15, 0.2) is 0 Å². The Kier molecular flexibility index (Phi) is 5.57. The molecule has 0 bridgehead atoms. The molecule has 9 heteroatoms. The number of carbonyl (C=O) groups excluding carboxylic acids is 2. The third-order valence-electron chi connectivity index (χ3n) is 3.98. The minimum absolute atomic E-state index is 0.101. The van der Waals surface area contributed by atoms with E-state index in [1.54, 1.807) is 35.6 Å². The zero-order valence-electron chi connectivity index (χ0n) is 14.6. The normalized spacial score (nSPS) is 14.0. The number of urea groups is 1. The van der Waals surface area contributed by atoms with E-state index < -0.39 is 0 Å². The first-order chi connectivity index (χ1) is 12.6. The maximum Gasteiger partial charge on any atom is 0.317 e. The lowest BCUT2D eigenvalue weighted by molar-refractivity contribution is -0.115. The summed E-state index contributed by atoms with van der Waals surface area (Å²) in [5.41, 5.74) is 1.01. The third-order valence-corrected chi connectivity index (χ3v) is 3.98. The van der Waals surface area contributed by atoms with Crippen LogP contribution in [-0.2, 0) is 4.79 Å². The van der Waals surface area contributed by atoms with Gasteiger partial charge in [0, 0.05) is 44.8 Å². The van der Waals surface area contributed by atoms with Crippen molar-refractivity contribution >= 4 is 23.7 Å². The molecule has 3 amide bonds. The van der Waals surface area contributed by atoms with Crippen LogP contribution < -0.4 is 15.5 Å². The quantitative estimate of drug-likeness (QED) is 0.835. The van der Waals surface area contributed by atoms with Gasteiger partial charge in [-0.05, 0) is 24.6 Å². The predicted molar refractivity (Wildman–Crippen MR) is 96.8 cm³/mol. The number of rotatable bonds is 4. The molecule has 9 nitrogen and oxygen atoms in total. The molecule has 0 saturated carbocycles. The van der Waals surface area contributed by atoms with Crippen LogP contribution >= 0.6 is 0 Å². The number of hydrogen-bond donors (Lipinski definition) is 2. The molecule has 0 unspecified atom stereocenters. The Morgan fingerprint density at radius 1 is 1.08 bits per heavy atom. The molecule has 0 aliphatic carbocycles. The van der Waals surface area contributed by atoms with Crippen molar-refractivity contribution in [1.82, 2.24) is 25.2 Å². The Balaban J connectivity index is 1.41. The standard InChI is InChI=1S/C17H21N7O2/c1-13-3-4-14(20-11-13)22-15(25)12-21-17(26)24-9-7-23(8-10-24)16-18-5-2-6-19-16/h2-6,11H,7-10,12H2,1H3,(H,21,26)(H,20,22,25). The molecule has 2 N–H and O–H groups in total. The van der Waals surface area contributed by atoms with E-state index in [2.05, 4.69) is 25.6 Å². The summed E-state index contributed by atoms with van der Waals surface area (Å²) in [6, 6.07) is 5.09. The van der Waals surface area contributed by atoms with Crippen LogP contribution in [0.4, 0.5) is 16.6 Å². The molecule has 26 heavy (non-hydrogen) atoms. The molecule has 0 atom stereocenters. The summed E-state index contributed by atoms with van der Waals surface area (Å²) < 4.78 is 0. The lowest BCUT2D eigenvalue weighted by Crippen LogP contribution is -2.53. The first kappa shape index (κ1) is 17.6. The average Bonchev–Trinajstić information content (AvgIpc) is 2.69. The topological polar surface area (TPSA) is 103 Å². The van der Waals surface area contributed by atoms with Crippen molar-refractivity contribution in [3.05, 3.63) is 42.4 Å². The number of aromatic nitrogens is 3. The lowest BCUT2D eigenvalue weighted by atomic mass is 10.3. The molecule has 1 aliphatic heterocycles. The molecule has 2 aromatic rings. The van der Waals surface area contributed by atoms with Crippen LogP contribution in [0.25, 0.3) is 0 Å². The monoisotopic (exact) mass is 355 g/mol. The molecular formula is C17H21N7O2. The number of aryl methyl sites for hydroxylation is 1. The first-order valence-electron chi connectivity index (χ1n) is 8.39. The van der Waals surface area contributed by atoms with Crippen molar-refractivity contribution < 1.29 is 9.59 Å². The van der Waals surface area contributed by atoms with Crippen molar-refractivity contribution in [3.63, 3.8) is 0 Å². The molecule has 1 saturated heterocycles. The van der Waals surface area contributed by atoms with Crippen LogP contribution in [0.5, 0.6) is 0 Å². The smallest absolute Gasteiger partial charge is 0.317 e. The van der Waals surface area contributed by atoms with E-state index in [4.69, 9.17) is 0 Å². The third kappa shape index (κ3) is 4.65. The molecule has 2 aromatic heterocycles. The highest BCUT2D eigenvalue weighted by Crippen LogP contribution is 2.09. The van der Waals surface area contributed by atoms with Gasteiger partial charge in [-0.2, -0.15) is 0 Å². The maximum atomic E-state index is 12.2. The number of carbonyl (C=O) groups is 2. The summed E-state index contributed by atoms with van der Waals surface area (Å²) in [6.45, 7) is 4.21. The number of anilines is 2. The van der Waals surface area contributed by atoms with Gasteiger partial charge in [-0.25, -0.2) is 19.7 Å². The second kappa shape index (κ2) is 8.24. The van der Waals surface area contributed by atoms with Crippen molar-refractivity contribution in [2.75, 3.05) is 42.9 Å². The van der Waals surface area contributed by atoms with Gasteiger partial charge in [-0.3, -0.25) is 4.79 Å². The summed E-state index contributed by atoms with van der Waals surface area (Å²) in [4.78, 5) is 40.4. The number of pyridine rings is 1. The average molecular weight is 355 g/mol. The predicted octanol–water partition coefficient (Wildman–Crippen LogP) is 0.650. The number of amides is 3. The van der Waals surface area contributed by atoms with Gasteiger partial charge in [-0.1, -0.05) is 6.07 Å². The van der Waals surface area contributed by atoms with Gasteiger partial charge in [-0.15, -0.1) is 0 Å². The van der Waals surface area contributed by atoms with Crippen LogP contribution in [0.15, 0.2) is 36.8 Å². The van der Waals surface area contributed by atoms with Crippen molar-refractivity contribution in [2.24, 2.45) is 0 Å². The Hall–Kier alpha value is -3.23. The highest BCUT2D eigenvalue weighted by molar-refractivity contribution is 5.93. The van der Waals surface area contributed by atoms with E-state index in [1.807, 2.05) is 17.9 Å². The molecule has 0 aromatic carbocycles. The van der Waals surface area contributed by atoms with E-state index in [0.29, 0.717) is 37.9 Å². The van der Waals surface area contributed by atoms with E-state index in [9.17, 15) is 9.59 Å². The van der Waals surface area contributed by atoms with Crippen LogP contribution in [-0.4, -0.2) is 64.5 Å². The number of hydrogen-bond acceptors (Lipinski definition) is 6. The molecule has 136 valence electrons. The van der Waals surface area contributed by atoms with Crippen LogP contribution in [0, 0.1) is 6.92 Å². The highest BCUT2D eigenvalue weighted by atomic mass is 16.2. The van der Waals surface area contributed by atoms with E-state index in [1.165, 1.54) is 0 Å². The van der Waals surface area contributed by atoms with Crippen LogP contribution in [0.1, 0.15) is 5.56 Å². The number of nitrogens with zero attached hydrogens (tertiary/aromatic N) is 5. The minimum atomic E-state index is -0.314. The fourth-order valence-corrected chi connectivity index (χ4v) is 2.56. The number of nitrogens with one attached hydrogen (secondary N) is 2. The second-order valence-electron chi connectivity index (χ2n) is 5.95. The summed E-state index contributed by atoms with van der Waals surface area (Å²) in [5.74, 6) is 0.815. The first-order valence-corrected chi connectivity index (χ1v) is 8.39. The van der Waals surface area contributed by atoms with Crippen LogP contribution in [0.3, 0.4) is 0 Å². The zero-order valence-corrected chi connectivity index (χ0v) is 14.6. The largest absolute Gasteiger partial charge is 0.337 e. The molecule has 0 spiro atoms. The van der Waals surface area contributed by atoms with Gasteiger partial charge in [0.2, 0.25) is 11.9 Å². The van der Waals surface area contributed by atoms with E-state index in [0.717, 1.165) is 5.56 Å². The van der Waals surface area contributed by atoms with Gasteiger partial charge >= 0.3 is 6.03 Å². The Labute approximate surface area is 151 Å². The van der Waals surface area contributed by atoms with Gasteiger partial charge in [0.05, 0.1) is 6.54 Å². The molecule has 1 fully saturated rings. The van der Waals surface area contributed by atoms with Gasteiger partial charge in [0.25, 0.3) is 0 Å². The van der Waals surface area contributed by atoms with Crippen molar-refractivity contribution in [2.45, 2.75) is 6.92 Å². The van der Waals surface area contributed by atoms with Crippen molar-refractivity contribution in [3.8, 4) is 0 Å². The minimum Gasteiger partial charge on any atom is -0.337 e. The van der Waals surface area contributed by atoms with Crippen LogP contribution in [0.2, 0.25) is 0 Å². The fourth-order valence-electron chi connectivity index (χ4n) is 2.56. The summed E-state index contributed by atoms with van der Waals surface area (Å²) in [7, 11) is 0. The Morgan fingerprint density at radius 2 is 1.81 bits per heavy atom. The SMILES string of the molecule is Cc1ccc(NC(=O)CNC(=O)N2CCN(c3ncccn3)CC2)nc1. The molecule has 3 rings (SSSR count). The fraction of sp³-hybridized carbons (Fsp3) is 0.353.